The largest absolute Gasteiger partial charge is 0.497 e. The van der Waals surface area contributed by atoms with E-state index in [1.54, 1.807) is 18.2 Å². The smallest absolute Gasteiger partial charge is 0.337 e. The number of carboxylic acids is 1. The molecule has 0 aliphatic rings. The Kier molecular flexibility index (Phi) is 2.36. The molecule has 2 rings (SSSR count). The molecule has 0 saturated heterocycles. The third-order valence-electron chi connectivity index (χ3n) is 2.36. The van der Waals surface area contributed by atoms with Crippen molar-refractivity contribution < 1.29 is 14.6 Å². The number of ether oxygens (including phenoxy) is 1. The molecule has 0 aliphatic carbocycles. The molecule has 0 spiro atoms. The number of aromatic nitrogens is 1. The van der Waals surface area contributed by atoms with E-state index in [9.17, 15) is 4.79 Å². The van der Waals surface area contributed by atoms with E-state index in [1.165, 1.54) is 13.3 Å². The molecule has 5 nitrogen and oxygen atoms in total. The molecular weight excluding hydrogens is 208 g/mol. The average molecular weight is 218 g/mol. The number of aromatic carboxylic acids is 1. The van der Waals surface area contributed by atoms with Crippen LogP contribution in [-0.2, 0) is 0 Å². The van der Waals surface area contributed by atoms with Gasteiger partial charge >= 0.3 is 5.97 Å². The van der Waals surface area contributed by atoms with Crippen molar-refractivity contribution >= 4 is 22.6 Å². The first-order chi connectivity index (χ1) is 7.63. The molecule has 0 bridgehead atoms. The molecule has 1 aromatic carbocycles. The maximum absolute atomic E-state index is 11.0. The standard InChI is InChI=1S/C11H10N2O3/c1-16-6-2-3-7-8(4-6)10(12)13-5-9(7)11(14)15/h2-5H,1H3,(H2,12,13)(H,14,15). The van der Waals surface area contributed by atoms with E-state index < -0.39 is 5.97 Å². The van der Waals surface area contributed by atoms with Crippen LogP contribution in [0.3, 0.4) is 0 Å². The van der Waals surface area contributed by atoms with E-state index in [0.29, 0.717) is 22.3 Å². The minimum atomic E-state index is -1.03. The molecule has 0 radical (unpaired) electrons. The number of carbonyl (C=O) groups is 1. The summed E-state index contributed by atoms with van der Waals surface area (Å²) in [6, 6.07) is 5.02. The van der Waals surface area contributed by atoms with Gasteiger partial charge in [0.2, 0.25) is 0 Å². The molecule has 82 valence electrons. The lowest BCUT2D eigenvalue weighted by Crippen LogP contribution is -2.01. The number of nitrogen functional groups attached to an aromatic ring is 1. The summed E-state index contributed by atoms with van der Waals surface area (Å²) in [6.45, 7) is 0. The predicted octanol–water partition coefficient (Wildman–Crippen LogP) is 1.52. The fourth-order valence-corrected chi connectivity index (χ4v) is 1.54. The van der Waals surface area contributed by atoms with Crippen molar-refractivity contribution in [1.29, 1.82) is 0 Å². The third kappa shape index (κ3) is 1.52. The van der Waals surface area contributed by atoms with E-state index in [-0.39, 0.29) is 5.56 Å². The highest BCUT2D eigenvalue weighted by molar-refractivity contribution is 6.06. The summed E-state index contributed by atoms with van der Waals surface area (Å²) in [5, 5.41) is 10.1. The zero-order valence-electron chi connectivity index (χ0n) is 8.60. The molecule has 0 saturated carbocycles. The van der Waals surface area contributed by atoms with Crippen molar-refractivity contribution in [2.45, 2.75) is 0 Å². The van der Waals surface area contributed by atoms with Gasteiger partial charge in [-0.2, -0.15) is 0 Å². The van der Waals surface area contributed by atoms with Crippen LogP contribution in [0.15, 0.2) is 24.4 Å². The fraction of sp³-hybridized carbons (Fsp3) is 0.0909. The van der Waals surface area contributed by atoms with Crippen molar-refractivity contribution in [2.75, 3.05) is 12.8 Å². The highest BCUT2D eigenvalue weighted by Gasteiger charge is 2.11. The van der Waals surface area contributed by atoms with Crippen LogP contribution in [0.25, 0.3) is 10.8 Å². The summed E-state index contributed by atoms with van der Waals surface area (Å²) >= 11 is 0. The second-order valence-corrected chi connectivity index (χ2v) is 3.27. The highest BCUT2D eigenvalue weighted by atomic mass is 16.5. The molecule has 5 heteroatoms. The van der Waals surface area contributed by atoms with Crippen LogP contribution in [0.4, 0.5) is 5.82 Å². The number of rotatable bonds is 2. The zero-order chi connectivity index (χ0) is 11.7. The fourth-order valence-electron chi connectivity index (χ4n) is 1.54. The second kappa shape index (κ2) is 3.69. The number of hydrogen-bond acceptors (Lipinski definition) is 4. The quantitative estimate of drug-likeness (QED) is 0.798. The Morgan fingerprint density at radius 2 is 2.19 bits per heavy atom. The topological polar surface area (TPSA) is 85.4 Å². The van der Waals surface area contributed by atoms with Crippen molar-refractivity contribution in [3.05, 3.63) is 30.0 Å². The summed E-state index contributed by atoms with van der Waals surface area (Å²) in [7, 11) is 1.53. The van der Waals surface area contributed by atoms with Gasteiger partial charge in [0, 0.05) is 17.0 Å². The van der Waals surface area contributed by atoms with Crippen LogP contribution in [-0.4, -0.2) is 23.2 Å². The van der Waals surface area contributed by atoms with E-state index >= 15 is 0 Å². The molecule has 1 aromatic heterocycles. The van der Waals surface area contributed by atoms with Crippen LogP contribution < -0.4 is 10.5 Å². The van der Waals surface area contributed by atoms with Gasteiger partial charge in [0.15, 0.2) is 0 Å². The second-order valence-electron chi connectivity index (χ2n) is 3.27. The van der Waals surface area contributed by atoms with E-state index in [0.717, 1.165) is 0 Å². The number of anilines is 1. The molecule has 1 heterocycles. The van der Waals surface area contributed by atoms with E-state index in [4.69, 9.17) is 15.6 Å². The summed E-state index contributed by atoms with van der Waals surface area (Å²) in [5.74, 6) is -0.120. The normalized spacial score (nSPS) is 10.3. The monoisotopic (exact) mass is 218 g/mol. The lowest BCUT2D eigenvalue weighted by atomic mass is 10.1. The number of fused-ring (bicyclic) bond motifs is 1. The van der Waals surface area contributed by atoms with Crippen molar-refractivity contribution in [3.63, 3.8) is 0 Å². The van der Waals surface area contributed by atoms with Crippen LogP contribution in [0.2, 0.25) is 0 Å². The maximum Gasteiger partial charge on any atom is 0.337 e. The number of nitrogens with two attached hydrogens (primary N) is 1. The van der Waals surface area contributed by atoms with Crippen LogP contribution in [0.1, 0.15) is 10.4 Å². The van der Waals surface area contributed by atoms with Crippen molar-refractivity contribution in [2.24, 2.45) is 0 Å². The lowest BCUT2D eigenvalue weighted by Gasteiger charge is -2.06. The Bertz CT molecular complexity index is 566. The van der Waals surface area contributed by atoms with E-state index in [2.05, 4.69) is 4.98 Å². The van der Waals surface area contributed by atoms with Gasteiger partial charge in [0.05, 0.1) is 12.7 Å². The Balaban J connectivity index is 2.80. The van der Waals surface area contributed by atoms with E-state index in [1.807, 2.05) is 0 Å². The zero-order valence-corrected chi connectivity index (χ0v) is 8.60. The van der Waals surface area contributed by atoms with Gasteiger partial charge < -0.3 is 15.6 Å². The molecule has 0 aliphatic heterocycles. The first-order valence-corrected chi connectivity index (χ1v) is 4.59. The minimum absolute atomic E-state index is 0.131. The van der Waals surface area contributed by atoms with Crippen molar-refractivity contribution in [3.8, 4) is 5.75 Å². The number of carboxylic acid groups (broad SMARTS) is 1. The van der Waals surface area contributed by atoms with Crippen LogP contribution >= 0.6 is 0 Å². The van der Waals surface area contributed by atoms with Gasteiger partial charge in [-0.05, 0) is 18.2 Å². The van der Waals surface area contributed by atoms with Crippen LogP contribution in [0, 0.1) is 0 Å². The van der Waals surface area contributed by atoms with Gasteiger partial charge in [-0.3, -0.25) is 0 Å². The molecule has 0 amide bonds. The third-order valence-corrected chi connectivity index (χ3v) is 2.36. The molecule has 0 unspecified atom stereocenters. The summed E-state index contributed by atoms with van der Waals surface area (Å²) in [4.78, 5) is 14.8. The average Bonchev–Trinajstić information content (AvgIpc) is 2.29. The van der Waals surface area contributed by atoms with Gasteiger partial charge in [-0.1, -0.05) is 0 Å². The Morgan fingerprint density at radius 3 is 2.81 bits per heavy atom. The molecule has 3 N–H and O–H groups in total. The van der Waals surface area contributed by atoms with Crippen molar-refractivity contribution in [1.82, 2.24) is 4.98 Å². The molecule has 16 heavy (non-hydrogen) atoms. The van der Waals surface area contributed by atoms with Gasteiger partial charge in [-0.25, -0.2) is 9.78 Å². The summed E-state index contributed by atoms with van der Waals surface area (Å²) < 4.78 is 5.05. The number of hydrogen-bond donors (Lipinski definition) is 2. The number of benzene rings is 1. The summed E-state index contributed by atoms with van der Waals surface area (Å²) in [6.07, 6.45) is 1.26. The Morgan fingerprint density at radius 1 is 1.44 bits per heavy atom. The molecule has 0 atom stereocenters. The first-order valence-electron chi connectivity index (χ1n) is 4.59. The van der Waals surface area contributed by atoms with Gasteiger partial charge in [-0.15, -0.1) is 0 Å². The number of pyridine rings is 1. The predicted molar refractivity (Wildman–Crippen MR) is 59.7 cm³/mol. The Labute approximate surface area is 91.5 Å². The lowest BCUT2D eigenvalue weighted by molar-refractivity contribution is 0.0698. The minimum Gasteiger partial charge on any atom is -0.497 e. The van der Waals surface area contributed by atoms with Gasteiger partial charge in [0.25, 0.3) is 0 Å². The maximum atomic E-state index is 11.0. The van der Waals surface area contributed by atoms with Crippen LogP contribution in [0.5, 0.6) is 5.75 Å². The first kappa shape index (κ1) is 10.2. The number of methoxy groups -OCH3 is 1. The number of nitrogens with zero attached hydrogens (tertiary/aromatic N) is 1. The Hall–Kier alpha value is -2.30. The van der Waals surface area contributed by atoms with Gasteiger partial charge in [0.1, 0.15) is 11.6 Å². The molecular formula is C11H10N2O3. The SMILES string of the molecule is COc1ccc2c(C(=O)O)cnc(N)c2c1. The summed E-state index contributed by atoms with van der Waals surface area (Å²) in [5.41, 5.74) is 5.82. The molecule has 0 fully saturated rings. The molecule has 2 aromatic rings. The highest BCUT2D eigenvalue weighted by Crippen LogP contribution is 2.26.